The summed E-state index contributed by atoms with van der Waals surface area (Å²) in [6.07, 6.45) is 2.29. The van der Waals surface area contributed by atoms with Gasteiger partial charge < -0.3 is 4.74 Å². The Bertz CT molecular complexity index is 260. The highest BCUT2D eigenvalue weighted by molar-refractivity contribution is 7.09. The predicted molar refractivity (Wildman–Crippen MR) is 45.1 cm³/mol. The molecule has 1 N–H and O–H groups in total. The number of rotatable bonds is 3. The highest BCUT2D eigenvalue weighted by Gasteiger charge is 2.03. The van der Waals surface area contributed by atoms with E-state index in [9.17, 15) is 4.79 Å². The highest BCUT2D eigenvalue weighted by atomic mass is 32.1. The molecule has 5 nitrogen and oxygen atoms in total. The molecule has 0 spiro atoms. The summed E-state index contributed by atoms with van der Waals surface area (Å²) in [5.74, 6) is 0. The van der Waals surface area contributed by atoms with Gasteiger partial charge in [-0.2, -0.15) is 4.37 Å². The first-order valence-electron chi connectivity index (χ1n) is 3.14. The number of aromatic nitrogens is 2. The van der Waals surface area contributed by atoms with Crippen molar-refractivity contribution in [3.05, 3.63) is 19.0 Å². The Morgan fingerprint density at radius 2 is 2.75 bits per heavy atom. The van der Waals surface area contributed by atoms with Crippen LogP contribution < -0.4 is 5.32 Å². The molecular weight excluding hydrogens is 178 g/mol. The van der Waals surface area contributed by atoms with Gasteiger partial charge in [0.1, 0.15) is 12.9 Å². The lowest BCUT2D eigenvalue weighted by molar-refractivity contribution is 0.174. The van der Waals surface area contributed by atoms with Gasteiger partial charge in [-0.15, -0.1) is 0 Å². The van der Waals surface area contributed by atoms with Crippen molar-refractivity contribution < 1.29 is 9.53 Å². The maximum absolute atomic E-state index is 10.8. The zero-order valence-electron chi connectivity index (χ0n) is 6.19. The molecule has 0 aromatic carbocycles. The maximum atomic E-state index is 10.8. The molecule has 0 unspecified atom stereocenters. The minimum Gasteiger partial charge on any atom is -0.445 e. The van der Waals surface area contributed by atoms with E-state index in [1.54, 1.807) is 0 Å². The summed E-state index contributed by atoms with van der Waals surface area (Å²) < 4.78 is 8.33. The van der Waals surface area contributed by atoms with Crippen molar-refractivity contribution in [2.75, 3.05) is 11.9 Å². The second kappa shape index (κ2) is 4.45. The number of ether oxygens (including phenoxy) is 1. The molecule has 12 heavy (non-hydrogen) atoms. The molecule has 0 fully saturated rings. The first kappa shape index (κ1) is 8.66. The Morgan fingerprint density at radius 3 is 3.33 bits per heavy atom. The zero-order valence-corrected chi connectivity index (χ0v) is 7.00. The van der Waals surface area contributed by atoms with Crippen LogP contribution in [0.1, 0.15) is 0 Å². The number of amides is 1. The predicted octanol–water partition coefficient (Wildman–Crippen LogP) is 1.27. The van der Waals surface area contributed by atoms with Gasteiger partial charge in [0.05, 0.1) is 0 Å². The Labute approximate surface area is 73.2 Å². The molecule has 6 heteroatoms. The van der Waals surface area contributed by atoms with E-state index in [1.165, 1.54) is 12.4 Å². The molecule has 0 radical (unpaired) electrons. The molecule has 1 rings (SSSR count). The number of nitrogens with zero attached hydrogens (tertiary/aromatic N) is 2. The average molecular weight is 185 g/mol. The quantitative estimate of drug-likeness (QED) is 0.720. The number of hydrogen-bond donors (Lipinski definition) is 1. The normalized spacial score (nSPS) is 9.00. The molecular formula is C6H7N3O2S. The van der Waals surface area contributed by atoms with E-state index in [-0.39, 0.29) is 6.61 Å². The number of anilines is 1. The van der Waals surface area contributed by atoms with Gasteiger partial charge in [-0.3, -0.25) is 5.32 Å². The Hall–Kier alpha value is -1.43. The van der Waals surface area contributed by atoms with Gasteiger partial charge in [-0.25, -0.2) is 9.78 Å². The molecule has 0 saturated carbocycles. The largest absolute Gasteiger partial charge is 0.445 e. The molecule has 1 aromatic heterocycles. The van der Waals surface area contributed by atoms with E-state index in [2.05, 4.69) is 26.0 Å². The molecule has 0 aliphatic rings. The average Bonchev–Trinajstić information content (AvgIpc) is 2.53. The number of hydrogen-bond acceptors (Lipinski definition) is 5. The van der Waals surface area contributed by atoms with Crippen LogP contribution in [0.2, 0.25) is 0 Å². The van der Waals surface area contributed by atoms with Gasteiger partial charge in [-0.1, -0.05) is 12.7 Å². The third kappa shape index (κ3) is 2.67. The van der Waals surface area contributed by atoms with E-state index in [1.807, 2.05) is 0 Å². The standard InChI is InChI=1S/C6H7N3O2S/c1-2-3-11-6(10)9-5-7-4-8-12-5/h2,4H,1,3H2,(H,7,8,9,10). The Kier molecular flexibility index (Phi) is 3.21. The number of nitrogens with one attached hydrogen (secondary N) is 1. The van der Waals surface area contributed by atoms with E-state index >= 15 is 0 Å². The maximum Gasteiger partial charge on any atom is 0.413 e. The smallest absolute Gasteiger partial charge is 0.413 e. The van der Waals surface area contributed by atoms with E-state index in [0.29, 0.717) is 5.13 Å². The fourth-order valence-corrected chi connectivity index (χ4v) is 0.904. The molecule has 0 bridgehead atoms. The monoisotopic (exact) mass is 185 g/mol. The van der Waals surface area contributed by atoms with Crippen molar-refractivity contribution in [1.29, 1.82) is 0 Å². The van der Waals surface area contributed by atoms with Crippen molar-refractivity contribution in [3.63, 3.8) is 0 Å². The summed E-state index contributed by atoms with van der Waals surface area (Å²) in [6, 6.07) is 0. The molecule has 0 aliphatic heterocycles. The molecule has 1 heterocycles. The SMILES string of the molecule is C=CCOC(=O)Nc1ncns1. The minimum atomic E-state index is -0.549. The summed E-state index contributed by atoms with van der Waals surface area (Å²) in [7, 11) is 0. The molecule has 1 amide bonds. The molecule has 1 aromatic rings. The fourth-order valence-electron chi connectivity index (χ4n) is 0.486. The van der Waals surface area contributed by atoms with Gasteiger partial charge in [0.25, 0.3) is 0 Å². The summed E-state index contributed by atoms with van der Waals surface area (Å²) in [5, 5.41) is 2.81. The molecule has 0 atom stereocenters. The zero-order chi connectivity index (χ0) is 8.81. The number of carbonyl (C=O) groups is 1. The topological polar surface area (TPSA) is 64.1 Å². The van der Waals surface area contributed by atoms with E-state index in [4.69, 9.17) is 0 Å². The number of carbonyl (C=O) groups excluding carboxylic acids is 1. The lowest BCUT2D eigenvalue weighted by atomic mass is 10.7. The van der Waals surface area contributed by atoms with Crippen LogP contribution in [0.25, 0.3) is 0 Å². The van der Waals surface area contributed by atoms with Gasteiger partial charge in [0.2, 0.25) is 5.13 Å². The Morgan fingerprint density at radius 1 is 1.92 bits per heavy atom. The van der Waals surface area contributed by atoms with E-state index < -0.39 is 6.09 Å². The third-order valence-corrected chi connectivity index (χ3v) is 1.48. The van der Waals surface area contributed by atoms with Crippen molar-refractivity contribution in [2.45, 2.75) is 0 Å². The minimum absolute atomic E-state index is 0.185. The summed E-state index contributed by atoms with van der Waals surface area (Å²) in [6.45, 7) is 3.58. The van der Waals surface area contributed by atoms with E-state index in [0.717, 1.165) is 11.5 Å². The van der Waals surface area contributed by atoms with Crippen LogP contribution in [-0.2, 0) is 4.74 Å². The van der Waals surface area contributed by atoms with Crippen LogP contribution in [0.5, 0.6) is 0 Å². The first-order chi connectivity index (χ1) is 5.83. The highest BCUT2D eigenvalue weighted by Crippen LogP contribution is 2.06. The fraction of sp³-hybridized carbons (Fsp3) is 0.167. The van der Waals surface area contributed by atoms with Crippen LogP contribution in [0.4, 0.5) is 9.93 Å². The lowest BCUT2D eigenvalue weighted by Gasteiger charge is -1.99. The van der Waals surface area contributed by atoms with Gasteiger partial charge in [-0.05, 0) is 0 Å². The Balaban J connectivity index is 2.32. The van der Waals surface area contributed by atoms with Crippen molar-refractivity contribution in [1.82, 2.24) is 9.36 Å². The second-order valence-electron chi connectivity index (χ2n) is 1.76. The van der Waals surface area contributed by atoms with Crippen molar-refractivity contribution >= 4 is 22.8 Å². The summed E-state index contributed by atoms with van der Waals surface area (Å²) >= 11 is 1.09. The molecule has 64 valence electrons. The second-order valence-corrected chi connectivity index (χ2v) is 2.54. The van der Waals surface area contributed by atoms with Crippen molar-refractivity contribution in [2.24, 2.45) is 0 Å². The third-order valence-electron chi connectivity index (χ3n) is 0.903. The molecule has 0 aliphatic carbocycles. The van der Waals surface area contributed by atoms with Crippen LogP contribution in [-0.4, -0.2) is 22.1 Å². The lowest BCUT2D eigenvalue weighted by Crippen LogP contribution is -2.13. The van der Waals surface area contributed by atoms with Gasteiger partial charge in [0, 0.05) is 11.5 Å². The summed E-state index contributed by atoms with van der Waals surface area (Å²) in [5.41, 5.74) is 0. The van der Waals surface area contributed by atoms with Crippen molar-refractivity contribution in [3.8, 4) is 0 Å². The van der Waals surface area contributed by atoms with Crippen LogP contribution in [0, 0.1) is 0 Å². The van der Waals surface area contributed by atoms with Crippen LogP contribution >= 0.6 is 11.5 Å². The molecule has 0 saturated heterocycles. The van der Waals surface area contributed by atoms with Crippen LogP contribution in [0.3, 0.4) is 0 Å². The van der Waals surface area contributed by atoms with Crippen LogP contribution in [0.15, 0.2) is 19.0 Å². The van der Waals surface area contributed by atoms with Gasteiger partial charge in [0.15, 0.2) is 0 Å². The van der Waals surface area contributed by atoms with Gasteiger partial charge >= 0.3 is 6.09 Å². The summed E-state index contributed by atoms with van der Waals surface area (Å²) in [4.78, 5) is 14.6. The first-order valence-corrected chi connectivity index (χ1v) is 3.91.